The third kappa shape index (κ3) is 8.99. The Morgan fingerprint density at radius 1 is 0.800 bits per heavy atom. The zero-order valence-electron chi connectivity index (χ0n) is 18.0. The van der Waals surface area contributed by atoms with Crippen LogP contribution in [-0.4, -0.2) is 25.0 Å². The summed E-state index contributed by atoms with van der Waals surface area (Å²) in [5.41, 5.74) is 2.15. The van der Waals surface area contributed by atoms with Crippen LogP contribution in [0.1, 0.15) is 52.4 Å². The highest BCUT2D eigenvalue weighted by Gasteiger charge is 2.05. The molecule has 30 heavy (non-hydrogen) atoms. The maximum Gasteiger partial charge on any atom is 0.243 e. The Labute approximate surface area is 179 Å². The van der Waals surface area contributed by atoms with Crippen molar-refractivity contribution in [3.8, 4) is 5.75 Å². The van der Waals surface area contributed by atoms with Crippen LogP contribution in [0.15, 0.2) is 48.5 Å². The molecule has 0 bridgehead atoms. The lowest BCUT2D eigenvalue weighted by molar-refractivity contribution is -0.116. The van der Waals surface area contributed by atoms with Crippen LogP contribution in [-0.2, 0) is 9.59 Å². The molecule has 3 N–H and O–H groups in total. The van der Waals surface area contributed by atoms with Crippen LogP contribution in [0.5, 0.6) is 5.75 Å². The molecule has 0 aliphatic carbocycles. The zero-order chi connectivity index (χ0) is 21.6. The third-order valence-corrected chi connectivity index (χ3v) is 4.58. The van der Waals surface area contributed by atoms with Gasteiger partial charge in [-0.05, 0) is 48.9 Å². The topological polar surface area (TPSA) is 79.5 Å². The second kappa shape index (κ2) is 13.2. The van der Waals surface area contributed by atoms with Gasteiger partial charge in [0.05, 0.1) is 13.2 Å². The Morgan fingerprint density at radius 3 is 2.13 bits per heavy atom. The Balaban J connectivity index is 1.72. The first-order valence-corrected chi connectivity index (χ1v) is 10.8. The van der Waals surface area contributed by atoms with E-state index in [1.807, 2.05) is 24.3 Å². The Hall–Kier alpha value is -3.02. The minimum absolute atomic E-state index is 0.0657. The second-order valence-corrected chi connectivity index (χ2v) is 7.17. The Bertz CT molecular complexity index is 791. The fourth-order valence-corrected chi connectivity index (χ4v) is 2.88. The molecular weight excluding hydrogens is 378 g/mol. The molecule has 2 aromatic carbocycles. The highest BCUT2D eigenvalue weighted by Crippen LogP contribution is 2.17. The number of unbranched alkanes of at least 4 members (excludes halogenated alkanes) is 4. The number of carbonyl (C=O) groups is 2. The van der Waals surface area contributed by atoms with Gasteiger partial charge in [0, 0.05) is 23.5 Å². The number of nitrogens with one attached hydrogen (secondary N) is 3. The van der Waals surface area contributed by atoms with Gasteiger partial charge >= 0.3 is 0 Å². The Morgan fingerprint density at radius 2 is 1.47 bits per heavy atom. The number of hydrogen-bond acceptors (Lipinski definition) is 4. The highest BCUT2D eigenvalue weighted by atomic mass is 16.5. The number of hydrogen-bond donors (Lipinski definition) is 3. The lowest BCUT2D eigenvalue weighted by Crippen LogP contribution is -2.21. The molecule has 0 fully saturated rings. The normalized spacial score (nSPS) is 10.3. The van der Waals surface area contributed by atoms with Gasteiger partial charge in [0.1, 0.15) is 5.75 Å². The summed E-state index contributed by atoms with van der Waals surface area (Å²) in [6.07, 6.45) is 6.48. The van der Waals surface area contributed by atoms with Crippen molar-refractivity contribution in [1.29, 1.82) is 0 Å². The fraction of sp³-hybridized carbons (Fsp3) is 0.417. The van der Waals surface area contributed by atoms with E-state index in [0.29, 0.717) is 17.8 Å². The molecule has 0 spiro atoms. The van der Waals surface area contributed by atoms with E-state index in [1.165, 1.54) is 25.7 Å². The average molecular weight is 412 g/mol. The van der Waals surface area contributed by atoms with Gasteiger partial charge in [0.15, 0.2) is 0 Å². The molecule has 0 heterocycles. The zero-order valence-corrected chi connectivity index (χ0v) is 18.0. The minimum Gasteiger partial charge on any atom is -0.494 e. The molecule has 0 aliphatic heterocycles. The minimum atomic E-state index is -0.165. The summed E-state index contributed by atoms with van der Waals surface area (Å²) in [6, 6.07) is 14.7. The van der Waals surface area contributed by atoms with Crippen LogP contribution < -0.4 is 20.7 Å². The van der Waals surface area contributed by atoms with E-state index in [4.69, 9.17) is 4.74 Å². The number of benzene rings is 2. The standard InChI is InChI=1S/C24H33N3O3/c1-3-5-6-7-8-16-30-22-14-12-19(13-15-22)25-18-24(29)27-21-11-9-10-20(17-21)26-23(28)4-2/h9-15,17,25H,3-8,16,18H2,1-2H3,(H,26,28)(H,27,29). The van der Waals surface area contributed by atoms with Crippen LogP contribution in [0.3, 0.4) is 0 Å². The molecule has 0 atom stereocenters. The molecule has 162 valence electrons. The maximum absolute atomic E-state index is 12.2. The first kappa shape index (κ1) is 23.3. The van der Waals surface area contributed by atoms with E-state index in [1.54, 1.807) is 31.2 Å². The summed E-state index contributed by atoms with van der Waals surface area (Å²) in [7, 11) is 0. The van der Waals surface area contributed by atoms with E-state index in [9.17, 15) is 9.59 Å². The molecule has 0 saturated carbocycles. The van der Waals surface area contributed by atoms with E-state index < -0.39 is 0 Å². The van der Waals surface area contributed by atoms with Gasteiger partial charge in [0.25, 0.3) is 0 Å². The van der Waals surface area contributed by atoms with Crippen molar-refractivity contribution in [3.05, 3.63) is 48.5 Å². The predicted molar refractivity (Wildman–Crippen MR) is 123 cm³/mol. The lowest BCUT2D eigenvalue weighted by atomic mass is 10.2. The third-order valence-electron chi connectivity index (χ3n) is 4.58. The molecular formula is C24H33N3O3. The monoisotopic (exact) mass is 411 g/mol. The second-order valence-electron chi connectivity index (χ2n) is 7.17. The van der Waals surface area contributed by atoms with Gasteiger partial charge < -0.3 is 20.7 Å². The molecule has 0 aromatic heterocycles. The SMILES string of the molecule is CCCCCCCOc1ccc(NCC(=O)Nc2cccc(NC(=O)CC)c2)cc1. The van der Waals surface area contributed by atoms with Crippen molar-refractivity contribution < 1.29 is 14.3 Å². The van der Waals surface area contributed by atoms with Crippen LogP contribution in [0.4, 0.5) is 17.1 Å². The van der Waals surface area contributed by atoms with E-state index in [-0.39, 0.29) is 18.4 Å². The van der Waals surface area contributed by atoms with Gasteiger partial charge in [-0.2, -0.15) is 0 Å². The smallest absolute Gasteiger partial charge is 0.243 e. The van der Waals surface area contributed by atoms with E-state index >= 15 is 0 Å². The molecule has 2 rings (SSSR count). The lowest BCUT2D eigenvalue weighted by Gasteiger charge is -2.10. The Kier molecular flexibility index (Phi) is 10.3. The van der Waals surface area contributed by atoms with Crippen LogP contribution in [0, 0.1) is 0 Å². The summed E-state index contributed by atoms with van der Waals surface area (Å²) >= 11 is 0. The highest BCUT2D eigenvalue weighted by molar-refractivity contribution is 5.95. The summed E-state index contributed by atoms with van der Waals surface area (Å²) in [5.74, 6) is 0.608. The number of amides is 2. The number of anilines is 3. The van der Waals surface area contributed by atoms with E-state index in [0.717, 1.165) is 24.5 Å². The first-order valence-electron chi connectivity index (χ1n) is 10.8. The molecule has 2 amide bonds. The number of ether oxygens (including phenoxy) is 1. The molecule has 0 aliphatic rings. The number of carbonyl (C=O) groups excluding carboxylic acids is 2. The summed E-state index contributed by atoms with van der Waals surface area (Å²) in [6.45, 7) is 4.88. The summed E-state index contributed by atoms with van der Waals surface area (Å²) in [5, 5.41) is 8.71. The largest absolute Gasteiger partial charge is 0.494 e. The molecule has 2 aromatic rings. The van der Waals surface area contributed by atoms with Crippen molar-refractivity contribution in [2.45, 2.75) is 52.4 Å². The maximum atomic E-state index is 12.2. The van der Waals surface area contributed by atoms with Crippen molar-refractivity contribution in [1.82, 2.24) is 0 Å². The van der Waals surface area contributed by atoms with Gasteiger partial charge in [-0.15, -0.1) is 0 Å². The van der Waals surface area contributed by atoms with Gasteiger partial charge in [0.2, 0.25) is 11.8 Å². The van der Waals surface area contributed by atoms with Crippen LogP contribution >= 0.6 is 0 Å². The fourth-order valence-electron chi connectivity index (χ4n) is 2.88. The van der Waals surface area contributed by atoms with Crippen molar-refractivity contribution in [2.24, 2.45) is 0 Å². The van der Waals surface area contributed by atoms with Crippen LogP contribution in [0.2, 0.25) is 0 Å². The molecule has 0 saturated heterocycles. The summed E-state index contributed by atoms with van der Waals surface area (Å²) < 4.78 is 5.76. The molecule has 6 nitrogen and oxygen atoms in total. The quantitative estimate of drug-likeness (QED) is 0.384. The van der Waals surface area contributed by atoms with Crippen LogP contribution in [0.25, 0.3) is 0 Å². The summed E-state index contributed by atoms with van der Waals surface area (Å²) in [4.78, 5) is 23.7. The van der Waals surface area contributed by atoms with Gasteiger partial charge in [-0.3, -0.25) is 9.59 Å². The van der Waals surface area contributed by atoms with Crippen molar-refractivity contribution in [3.63, 3.8) is 0 Å². The molecule has 6 heteroatoms. The average Bonchev–Trinajstić information content (AvgIpc) is 2.75. The van der Waals surface area contributed by atoms with Crippen molar-refractivity contribution in [2.75, 3.05) is 29.1 Å². The van der Waals surface area contributed by atoms with E-state index in [2.05, 4.69) is 22.9 Å². The van der Waals surface area contributed by atoms with Gasteiger partial charge in [-0.1, -0.05) is 45.6 Å². The molecule has 0 radical (unpaired) electrons. The predicted octanol–water partition coefficient (Wildman–Crippen LogP) is 5.43. The molecule has 0 unspecified atom stereocenters. The first-order chi connectivity index (χ1) is 14.6. The van der Waals surface area contributed by atoms with Crippen molar-refractivity contribution >= 4 is 28.9 Å². The van der Waals surface area contributed by atoms with Gasteiger partial charge in [-0.25, -0.2) is 0 Å². The number of rotatable bonds is 13.